The number of hydrogen-bond donors (Lipinski definition) is 1. The number of likely N-dealkylation sites (tertiary alicyclic amines) is 2. The molecule has 1 saturated carbocycles. The number of amides is 1. The predicted molar refractivity (Wildman–Crippen MR) is 84.8 cm³/mol. The van der Waals surface area contributed by atoms with Crippen LogP contribution in [0.25, 0.3) is 0 Å². The largest absolute Gasteiger partial charge is 0.341 e. The molecule has 3 fully saturated rings. The van der Waals surface area contributed by atoms with Gasteiger partial charge in [-0.05, 0) is 43.6 Å². The maximum absolute atomic E-state index is 13.0. The van der Waals surface area contributed by atoms with Crippen molar-refractivity contribution in [1.29, 1.82) is 0 Å². The summed E-state index contributed by atoms with van der Waals surface area (Å²) < 4.78 is 0. The van der Waals surface area contributed by atoms with Gasteiger partial charge in [0.25, 0.3) is 0 Å². The molecule has 1 amide bonds. The average Bonchev–Trinajstić information content (AvgIpc) is 2.34. The smallest absolute Gasteiger partial charge is 0.225 e. The first kappa shape index (κ1) is 15.3. The molecule has 3 rings (SSSR count). The summed E-state index contributed by atoms with van der Waals surface area (Å²) in [5.41, 5.74) is 6.59. The van der Waals surface area contributed by atoms with Crippen molar-refractivity contribution >= 4 is 5.91 Å². The topological polar surface area (TPSA) is 49.6 Å². The molecular weight excluding hydrogens is 262 g/mol. The summed E-state index contributed by atoms with van der Waals surface area (Å²) in [7, 11) is 2.22. The number of nitrogens with zero attached hydrogens (tertiary/aromatic N) is 2. The maximum atomic E-state index is 13.0. The molecule has 4 atom stereocenters. The lowest BCUT2D eigenvalue weighted by Gasteiger charge is -2.56. The molecule has 0 aromatic heterocycles. The Labute approximate surface area is 129 Å². The van der Waals surface area contributed by atoms with E-state index in [4.69, 9.17) is 5.73 Å². The Morgan fingerprint density at radius 3 is 2.29 bits per heavy atom. The zero-order chi connectivity index (χ0) is 15.3. The van der Waals surface area contributed by atoms with Crippen molar-refractivity contribution in [2.75, 3.05) is 33.2 Å². The molecular formula is C17H31N3O. The summed E-state index contributed by atoms with van der Waals surface area (Å²) >= 11 is 0. The molecule has 4 heteroatoms. The Kier molecular flexibility index (Phi) is 3.81. The summed E-state index contributed by atoms with van der Waals surface area (Å²) in [6, 6.07) is 0.231. The van der Waals surface area contributed by atoms with E-state index in [1.807, 2.05) is 0 Å². The first-order chi connectivity index (χ1) is 9.79. The minimum atomic E-state index is 0.178. The number of nitrogens with two attached hydrogens (primary N) is 1. The van der Waals surface area contributed by atoms with E-state index >= 15 is 0 Å². The molecule has 4 unspecified atom stereocenters. The standard InChI is InChI=1S/C17H31N3O/c1-16-8-17(2,10-19(3)9-16)12-20(11-16)15(21)13-5-4-6-14(18)7-13/h13-14H,4-12,18H2,1-3H3. The maximum Gasteiger partial charge on any atom is 0.225 e. The van der Waals surface area contributed by atoms with E-state index in [2.05, 4.69) is 30.7 Å². The van der Waals surface area contributed by atoms with Crippen molar-refractivity contribution in [3.8, 4) is 0 Å². The Hall–Kier alpha value is -0.610. The van der Waals surface area contributed by atoms with Gasteiger partial charge >= 0.3 is 0 Å². The van der Waals surface area contributed by atoms with Gasteiger partial charge in [-0.1, -0.05) is 20.3 Å². The zero-order valence-corrected chi connectivity index (χ0v) is 13.9. The van der Waals surface area contributed by atoms with Crippen LogP contribution in [0, 0.1) is 16.7 Å². The number of fused-ring (bicyclic) bond motifs is 2. The molecule has 0 aromatic rings. The Morgan fingerprint density at radius 1 is 1.10 bits per heavy atom. The molecule has 1 aliphatic carbocycles. The number of carbonyl (C=O) groups excluding carboxylic acids is 1. The van der Waals surface area contributed by atoms with E-state index in [0.29, 0.717) is 5.91 Å². The Morgan fingerprint density at radius 2 is 1.71 bits per heavy atom. The molecule has 2 aliphatic heterocycles. The van der Waals surface area contributed by atoms with Crippen molar-refractivity contribution in [3.63, 3.8) is 0 Å². The summed E-state index contributed by atoms with van der Waals surface area (Å²) in [5.74, 6) is 0.560. The highest BCUT2D eigenvalue weighted by Gasteiger charge is 2.49. The van der Waals surface area contributed by atoms with Gasteiger partial charge in [0.2, 0.25) is 5.91 Å². The normalized spacial score (nSPS) is 44.7. The second kappa shape index (κ2) is 5.24. The van der Waals surface area contributed by atoms with Crippen molar-refractivity contribution < 1.29 is 4.79 Å². The van der Waals surface area contributed by atoms with E-state index < -0.39 is 0 Å². The lowest BCUT2D eigenvalue weighted by Crippen LogP contribution is -2.63. The minimum absolute atomic E-state index is 0.178. The fraction of sp³-hybridized carbons (Fsp3) is 0.941. The van der Waals surface area contributed by atoms with E-state index in [1.54, 1.807) is 0 Å². The van der Waals surface area contributed by atoms with E-state index in [-0.39, 0.29) is 22.8 Å². The SMILES string of the molecule is CN1CC2(C)CN(C(=O)C3CCCC(N)C3)CC(C)(C1)C2. The van der Waals surface area contributed by atoms with Crippen molar-refractivity contribution in [1.82, 2.24) is 9.80 Å². The van der Waals surface area contributed by atoms with Gasteiger partial charge in [-0.2, -0.15) is 0 Å². The van der Waals surface area contributed by atoms with Crippen LogP contribution in [0.3, 0.4) is 0 Å². The summed E-state index contributed by atoms with van der Waals surface area (Å²) in [6.07, 6.45) is 5.38. The molecule has 3 aliphatic rings. The van der Waals surface area contributed by atoms with Gasteiger partial charge in [-0.15, -0.1) is 0 Å². The third-order valence-electron chi connectivity index (χ3n) is 5.68. The molecule has 0 aromatic carbocycles. The predicted octanol–water partition coefficient (Wildman–Crippen LogP) is 1.69. The van der Waals surface area contributed by atoms with Crippen molar-refractivity contribution in [3.05, 3.63) is 0 Å². The second-order valence-corrected chi connectivity index (χ2v) is 8.79. The lowest BCUT2D eigenvalue weighted by atomic mass is 9.65. The third kappa shape index (κ3) is 3.11. The number of hydrogen-bond acceptors (Lipinski definition) is 3. The highest BCUT2D eigenvalue weighted by Crippen LogP contribution is 2.45. The molecule has 2 bridgehead atoms. The summed E-state index contributed by atoms with van der Waals surface area (Å²) in [4.78, 5) is 17.6. The molecule has 2 N–H and O–H groups in total. The Balaban J connectivity index is 1.73. The first-order valence-electron chi connectivity index (χ1n) is 8.52. The zero-order valence-electron chi connectivity index (χ0n) is 13.9. The third-order valence-corrected chi connectivity index (χ3v) is 5.68. The van der Waals surface area contributed by atoms with Crippen LogP contribution >= 0.6 is 0 Å². The molecule has 2 heterocycles. The van der Waals surface area contributed by atoms with Gasteiger partial charge in [0.15, 0.2) is 0 Å². The molecule has 2 saturated heterocycles. The van der Waals surface area contributed by atoms with Crippen molar-refractivity contribution in [2.45, 2.75) is 52.0 Å². The lowest BCUT2D eigenvalue weighted by molar-refractivity contribution is -0.149. The second-order valence-electron chi connectivity index (χ2n) is 8.79. The molecule has 4 nitrogen and oxygen atoms in total. The van der Waals surface area contributed by atoms with Crippen LogP contribution < -0.4 is 5.73 Å². The van der Waals surface area contributed by atoms with Gasteiger partial charge in [0.05, 0.1) is 0 Å². The molecule has 0 spiro atoms. The molecule has 0 radical (unpaired) electrons. The number of carbonyl (C=O) groups is 1. The van der Waals surface area contributed by atoms with Gasteiger partial charge in [-0.25, -0.2) is 0 Å². The highest BCUT2D eigenvalue weighted by atomic mass is 16.2. The van der Waals surface area contributed by atoms with Crippen LogP contribution in [0.4, 0.5) is 0 Å². The van der Waals surface area contributed by atoms with E-state index in [1.165, 1.54) is 6.42 Å². The fourth-order valence-electron chi connectivity index (χ4n) is 5.56. The van der Waals surface area contributed by atoms with Crippen LogP contribution in [0.1, 0.15) is 46.0 Å². The van der Waals surface area contributed by atoms with Gasteiger partial charge in [0.1, 0.15) is 0 Å². The van der Waals surface area contributed by atoms with E-state index in [9.17, 15) is 4.79 Å². The van der Waals surface area contributed by atoms with Crippen LogP contribution in [-0.4, -0.2) is 55.0 Å². The Bertz CT molecular complexity index is 406. The molecule has 120 valence electrons. The number of piperidine rings is 2. The van der Waals surface area contributed by atoms with Gasteiger partial charge < -0.3 is 15.5 Å². The van der Waals surface area contributed by atoms with E-state index in [0.717, 1.165) is 51.9 Å². The molecule has 21 heavy (non-hydrogen) atoms. The van der Waals surface area contributed by atoms with Crippen LogP contribution in [0.15, 0.2) is 0 Å². The number of rotatable bonds is 1. The van der Waals surface area contributed by atoms with Gasteiger partial charge in [0, 0.05) is 38.1 Å². The summed E-state index contributed by atoms with van der Waals surface area (Å²) in [6.45, 7) is 8.78. The van der Waals surface area contributed by atoms with Crippen LogP contribution in [0.2, 0.25) is 0 Å². The summed E-state index contributed by atoms with van der Waals surface area (Å²) in [5, 5.41) is 0. The minimum Gasteiger partial charge on any atom is -0.341 e. The van der Waals surface area contributed by atoms with Crippen LogP contribution in [-0.2, 0) is 4.79 Å². The average molecular weight is 293 g/mol. The van der Waals surface area contributed by atoms with Gasteiger partial charge in [-0.3, -0.25) is 4.79 Å². The fourth-order valence-corrected chi connectivity index (χ4v) is 5.56. The highest BCUT2D eigenvalue weighted by molar-refractivity contribution is 5.79. The van der Waals surface area contributed by atoms with Crippen LogP contribution in [0.5, 0.6) is 0 Å². The first-order valence-corrected chi connectivity index (χ1v) is 8.52. The quantitative estimate of drug-likeness (QED) is 0.800. The monoisotopic (exact) mass is 293 g/mol. The van der Waals surface area contributed by atoms with Crippen molar-refractivity contribution in [2.24, 2.45) is 22.5 Å².